The van der Waals surface area contributed by atoms with E-state index in [0.717, 1.165) is 0 Å². The molecule has 0 saturated carbocycles. The van der Waals surface area contributed by atoms with Gasteiger partial charge in [-0.1, -0.05) is 0 Å². The van der Waals surface area contributed by atoms with Gasteiger partial charge in [-0.2, -0.15) is 4.98 Å². The molecule has 0 fully saturated rings. The lowest BCUT2D eigenvalue weighted by Gasteiger charge is -2.20. The molecule has 1 aromatic heterocycles. The summed E-state index contributed by atoms with van der Waals surface area (Å²) >= 11 is 0. The van der Waals surface area contributed by atoms with Crippen molar-refractivity contribution in [3.05, 3.63) is 27.4 Å². The van der Waals surface area contributed by atoms with Gasteiger partial charge in [-0.05, 0) is 34.6 Å². The van der Waals surface area contributed by atoms with Crippen LogP contribution in [0, 0.1) is 13.8 Å². The van der Waals surface area contributed by atoms with E-state index in [-0.39, 0.29) is 11.8 Å². The number of aromatic nitrogens is 2. The molecule has 0 aliphatic carbocycles. The van der Waals surface area contributed by atoms with Gasteiger partial charge in [-0.3, -0.25) is 9.36 Å². The van der Waals surface area contributed by atoms with Gasteiger partial charge in [0.2, 0.25) is 0 Å². The molecule has 0 aliphatic heterocycles. The molecular weight excluding hydrogens is 260 g/mol. The number of carboxylic acid groups (broad SMARTS) is 1. The van der Waals surface area contributed by atoms with Crippen LogP contribution in [0.3, 0.4) is 0 Å². The standard InChI is InChI=1S/C14H22N2O4/c1-6-20-8(2)7-16-11(5)12(9(3)13(17)18)10(4)15-14(16)19/h8-9H,6-7H2,1-5H3,(H,17,18). The van der Waals surface area contributed by atoms with E-state index in [4.69, 9.17) is 4.74 Å². The molecule has 6 nitrogen and oxygen atoms in total. The summed E-state index contributed by atoms with van der Waals surface area (Å²) in [6, 6.07) is 0. The molecule has 1 heterocycles. The minimum absolute atomic E-state index is 0.131. The molecule has 6 heteroatoms. The normalized spacial score (nSPS) is 14.1. The third kappa shape index (κ3) is 3.45. The van der Waals surface area contributed by atoms with Crippen LogP contribution in [0.25, 0.3) is 0 Å². The van der Waals surface area contributed by atoms with Crippen molar-refractivity contribution in [2.75, 3.05) is 6.61 Å². The SMILES string of the molecule is CCOC(C)Cn1c(C)c(C(C)C(=O)O)c(C)nc1=O. The fourth-order valence-corrected chi connectivity index (χ4v) is 2.37. The van der Waals surface area contributed by atoms with Crippen LogP contribution in [-0.4, -0.2) is 33.3 Å². The van der Waals surface area contributed by atoms with Crippen molar-refractivity contribution in [1.29, 1.82) is 0 Å². The third-order valence-corrected chi connectivity index (χ3v) is 3.37. The average Bonchev–Trinajstić information content (AvgIpc) is 2.34. The van der Waals surface area contributed by atoms with E-state index in [1.807, 2.05) is 13.8 Å². The van der Waals surface area contributed by atoms with Crippen molar-refractivity contribution < 1.29 is 14.6 Å². The quantitative estimate of drug-likeness (QED) is 0.854. The minimum atomic E-state index is -0.930. The Bertz CT molecular complexity index is 551. The summed E-state index contributed by atoms with van der Waals surface area (Å²) in [5.41, 5.74) is 1.35. The maximum atomic E-state index is 12.0. The topological polar surface area (TPSA) is 81.4 Å². The maximum Gasteiger partial charge on any atom is 0.348 e. The predicted octanol–water partition coefficient (Wildman–Crippen LogP) is 1.47. The van der Waals surface area contributed by atoms with Crippen molar-refractivity contribution in [3.63, 3.8) is 0 Å². The zero-order valence-corrected chi connectivity index (χ0v) is 12.6. The highest BCUT2D eigenvalue weighted by atomic mass is 16.5. The third-order valence-electron chi connectivity index (χ3n) is 3.37. The van der Waals surface area contributed by atoms with E-state index in [9.17, 15) is 14.7 Å². The van der Waals surface area contributed by atoms with E-state index < -0.39 is 11.9 Å². The first-order valence-electron chi connectivity index (χ1n) is 6.71. The Morgan fingerprint density at radius 2 is 2.00 bits per heavy atom. The summed E-state index contributed by atoms with van der Waals surface area (Å²) < 4.78 is 6.92. The highest BCUT2D eigenvalue weighted by molar-refractivity contribution is 5.76. The highest BCUT2D eigenvalue weighted by Gasteiger charge is 2.22. The van der Waals surface area contributed by atoms with Crippen molar-refractivity contribution in [2.45, 2.75) is 53.2 Å². The van der Waals surface area contributed by atoms with E-state index >= 15 is 0 Å². The monoisotopic (exact) mass is 282 g/mol. The van der Waals surface area contributed by atoms with Crippen LogP contribution in [-0.2, 0) is 16.1 Å². The molecule has 112 valence electrons. The molecule has 0 aromatic carbocycles. The summed E-state index contributed by atoms with van der Waals surface area (Å²) in [7, 11) is 0. The number of rotatable bonds is 6. The second kappa shape index (κ2) is 6.65. The summed E-state index contributed by atoms with van der Waals surface area (Å²) in [5.74, 6) is -1.63. The number of hydrogen-bond acceptors (Lipinski definition) is 4. The number of carboxylic acids is 1. The van der Waals surface area contributed by atoms with E-state index in [0.29, 0.717) is 30.1 Å². The molecule has 0 amide bonds. The number of nitrogens with zero attached hydrogens (tertiary/aromatic N) is 2. The van der Waals surface area contributed by atoms with Crippen LogP contribution in [0.4, 0.5) is 0 Å². The predicted molar refractivity (Wildman–Crippen MR) is 75.1 cm³/mol. The van der Waals surface area contributed by atoms with E-state index in [1.54, 1.807) is 20.8 Å². The van der Waals surface area contributed by atoms with Gasteiger partial charge in [0.1, 0.15) is 0 Å². The molecule has 0 radical (unpaired) electrons. The van der Waals surface area contributed by atoms with Gasteiger partial charge in [-0.15, -0.1) is 0 Å². The van der Waals surface area contributed by atoms with E-state index in [1.165, 1.54) is 4.57 Å². The smallest absolute Gasteiger partial charge is 0.348 e. The molecule has 1 rings (SSSR count). The van der Waals surface area contributed by atoms with Crippen LogP contribution in [0.2, 0.25) is 0 Å². The highest BCUT2D eigenvalue weighted by Crippen LogP contribution is 2.21. The summed E-state index contributed by atoms with van der Waals surface area (Å²) in [6.45, 7) is 9.70. The average molecular weight is 282 g/mol. The molecule has 20 heavy (non-hydrogen) atoms. The van der Waals surface area contributed by atoms with Crippen molar-refractivity contribution in [3.8, 4) is 0 Å². The Kier molecular flexibility index (Phi) is 5.44. The zero-order valence-electron chi connectivity index (χ0n) is 12.6. The Morgan fingerprint density at radius 3 is 2.50 bits per heavy atom. The van der Waals surface area contributed by atoms with Gasteiger partial charge in [-0.25, -0.2) is 4.79 Å². The van der Waals surface area contributed by atoms with Crippen LogP contribution in [0.15, 0.2) is 4.79 Å². The summed E-state index contributed by atoms with van der Waals surface area (Å²) in [4.78, 5) is 27.1. The van der Waals surface area contributed by atoms with Crippen molar-refractivity contribution >= 4 is 5.97 Å². The molecule has 0 aliphatic rings. The van der Waals surface area contributed by atoms with Gasteiger partial charge in [0.25, 0.3) is 0 Å². The number of carbonyl (C=O) groups is 1. The number of ether oxygens (including phenoxy) is 1. The summed E-state index contributed by atoms with van der Waals surface area (Å²) in [6.07, 6.45) is -0.131. The first-order valence-corrected chi connectivity index (χ1v) is 6.71. The van der Waals surface area contributed by atoms with Gasteiger partial charge in [0.05, 0.1) is 18.6 Å². The van der Waals surface area contributed by atoms with E-state index in [2.05, 4.69) is 4.98 Å². The molecule has 1 N–H and O–H groups in total. The van der Waals surface area contributed by atoms with Crippen LogP contribution in [0.1, 0.15) is 43.6 Å². The number of aryl methyl sites for hydroxylation is 1. The van der Waals surface area contributed by atoms with Crippen LogP contribution in [0.5, 0.6) is 0 Å². The lowest BCUT2D eigenvalue weighted by Crippen LogP contribution is -2.33. The first-order chi connectivity index (χ1) is 9.29. The molecule has 0 saturated heterocycles. The zero-order chi connectivity index (χ0) is 15.4. The van der Waals surface area contributed by atoms with Gasteiger partial charge < -0.3 is 9.84 Å². The number of aliphatic carboxylic acids is 1. The first kappa shape index (κ1) is 16.4. The Labute approximate surface area is 118 Å². The Hall–Kier alpha value is -1.69. The Morgan fingerprint density at radius 1 is 1.40 bits per heavy atom. The minimum Gasteiger partial charge on any atom is -0.481 e. The van der Waals surface area contributed by atoms with Crippen LogP contribution < -0.4 is 5.69 Å². The summed E-state index contributed by atoms with van der Waals surface area (Å²) in [5, 5.41) is 9.17. The lowest BCUT2D eigenvalue weighted by atomic mass is 9.98. The second-order valence-electron chi connectivity index (χ2n) is 4.92. The molecule has 1 aromatic rings. The van der Waals surface area contributed by atoms with Crippen LogP contribution >= 0.6 is 0 Å². The lowest BCUT2D eigenvalue weighted by molar-refractivity contribution is -0.138. The second-order valence-corrected chi connectivity index (χ2v) is 4.92. The maximum absolute atomic E-state index is 12.0. The molecule has 0 spiro atoms. The Balaban J connectivity index is 3.29. The van der Waals surface area contributed by atoms with Crippen molar-refractivity contribution in [2.24, 2.45) is 0 Å². The van der Waals surface area contributed by atoms with Gasteiger partial charge in [0.15, 0.2) is 0 Å². The molecule has 2 atom stereocenters. The molecule has 2 unspecified atom stereocenters. The van der Waals surface area contributed by atoms with Gasteiger partial charge >= 0.3 is 11.7 Å². The van der Waals surface area contributed by atoms with Crippen molar-refractivity contribution in [1.82, 2.24) is 9.55 Å². The molecule has 0 bridgehead atoms. The fourth-order valence-electron chi connectivity index (χ4n) is 2.37. The number of hydrogen-bond donors (Lipinski definition) is 1. The van der Waals surface area contributed by atoms with Gasteiger partial charge in [0, 0.05) is 23.6 Å². The largest absolute Gasteiger partial charge is 0.481 e. The fraction of sp³-hybridized carbons (Fsp3) is 0.643. The molecular formula is C14H22N2O4.